The molecular weight excluding hydrogens is 74.1 g/mol. The van der Waals surface area contributed by atoms with Crippen molar-refractivity contribution < 1.29 is 0 Å². The highest BCUT2D eigenvalue weighted by molar-refractivity contribution is 4.87. The van der Waals surface area contributed by atoms with Crippen LogP contribution in [0, 0.1) is 5.92 Å². The van der Waals surface area contributed by atoms with E-state index in [0.29, 0.717) is 0 Å². The molecule has 1 heteroatoms. The van der Waals surface area contributed by atoms with Crippen LogP contribution >= 0.6 is 0 Å². The molecule has 0 saturated heterocycles. The molecule has 6 heavy (non-hydrogen) atoms. The first kappa shape index (κ1) is 4.13. The van der Waals surface area contributed by atoms with E-state index in [-0.39, 0.29) is 0 Å². The molecule has 0 bridgehead atoms. The van der Waals surface area contributed by atoms with Gasteiger partial charge < -0.3 is 5.32 Å². The second-order valence-electron chi connectivity index (χ2n) is 2.11. The van der Waals surface area contributed by atoms with E-state index in [2.05, 4.69) is 12.2 Å². The van der Waals surface area contributed by atoms with Crippen molar-refractivity contribution in [3.63, 3.8) is 0 Å². The van der Waals surface area contributed by atoms with Gasteiger partial charge in [-0.3, -0.25) is 0 Å². The lowest BCUT2D eigenvalue weighted by Crippen LogP contribution is -2.09. The zero-order chi connectivity index (χ0) is 4.57. The van der Waals surface area contributed by atoms with Gasteiger partial charge in [0, 0.05) is 6.04 Å². The summed E-state index contributed by atoms with van der Waals surface area (Å²) in [7, 11) is 2.02. The molecule has 0 heterocycles. The van der Waals surface area contributed by atoms with Crippen molar-refractivity contribution in [3.8, 4) is 0 Å². The van der Waals surface area contributed by atoms with Crippen molar-refractivity contribution >= 4 is 0 Å². The molecule has 0 aromatic rings. The minimum atomic E-state index is 0.852. The minimum absolute atomic E-state index is 0.852. The summed E-state index contributed by atoms with van der Waals surface area (Å²) in [6.07, 6.45) is 1.39. The molecule has 0 unspecified atom stereocenters. The third-order valence-corrected chi connectivity index (χ3v) is 1.48. The Bertz CT molecular complexity index is 49.9. The predicted molar refractivity (Wildman–Crippen MR) is 26.6 cm³/mol. The van der Waals surface area contributed by atoms with Gasteiger partial charge in [-0.25, -0.2) is 0 Å². The summed E-state index contributed by atoms with van der Waals surface area (Å²) >= 11 is 0. The van der Waals surface area contributed by atoms with Gasteiger partial charge >= 0.3 is 0 Å². The first-order chi connectivity index (χ1) is 2.84. The van der Waals surface area contributed by atoms with Gasteiger partial charge in [0.25, 0.3) is 0 Å². The van der Waals surface area contributed by atoms with Crippen LogP contribution in [0.3, 0.4) is 0 Å². The monoisotopic (exact) mass is 85.1 g/mol. The zero-order valence-corrected chi connectivity index (χ0v) is 4.36. The molecular formula is C5H11N. The molecule has 36 valence electrons. The van der Waals surface area contributed by atoms with Crippen molar-refractivity contribution in [2.75, 3.05) is 7.05 Å². The van der Waals surface area contributed by atoms with Crippen LogP contribution in [0.5, 0.6) is 0 Å². The van der Waals surface area contributed by atoms with Gasteiger partial charge in [-0.15, -0.1) is 0 Å². The van der Waals surface area contributed by atoms with Gasteiger partial charge in [-0.2, -0.15) is 0 Å². The summed E-state index contributed by atoms with van der Waals surface area (Å²) in [6, 6.07) is 0.852. The van der Waals surface area contributed by atoms with Crippen LogP contribution in [0.4, 0.5) is 0 Å². The number of hydrogen-bond acceptors (Lipinski definition) is 1. The van der Waals surface area contributed by atoms with Gasteiger partial charge in [-0.1, -0.05) is 6.92 Å². The maximum atomic E-state index is 3.19. The number of nitrogens with one attached hydrogen (secondary N) is 1. The van der Waals surface area contributed by atoms with Crippen LogP contribution < -0.4 is 5.32 Å². The van der Waals surface area contributed by atoms with Crippen molar-refractivity contribution in [1.82, 2.24) is 5.32 Å². The molecule has 0 aromatic heterocycles. The molecule has 0 radical (unpaired) electrons. The molecule has 1 nitrogen and oxygen atoms in total. The van der Waals surface area contributed by atoms with E-state index in [0.717, 1.165) is 12.0 Å². The average Bonchev–Trinajstić information content (AvgIpc) is 2.19. The van der Waals surface area contributed by atoms with Crippen LogP contribution in [0.15, 0.2) is 0 Å². The Morgan fingerprint density at radius 2 is 2.17 bits per heavy atom. The van der Waals surface area contributed by atoms with Crippen LogP contribution in [-0.2, 0) is 0 Å². The fraction of sp³-hybridized carbons (Fsp3) is 1.00. The summed E-state index contributed by atoms with van der Waals surface area (Å²) in [5.41, 5.74) is 0. The van der Waals surface area contributed by atoms with E-state index in [9.17, 15) is 0 Å². The standard InChI is InChI=1S/C5H11N/c1-4-3-5(4)6-2/h4-6H,3H2,1-2H3/t4-,5-/m0/s1. The van der Waals surface area contributed by atoms with E-state index in [1.54, 1.807) is 0 Å². The maximum absolute atomic E-state index is 3.19. The average molecular weight is 85.1 g/mol. The molecule has 0 spiro atoms. The summed E-state index contributed by atoms with van der Waals surface area (Å²) < 4.78 is 0. The van der Waals surface area contributed by atoms with Crippen molar-refractivity contribution in [2.45, 2.75) is 19.4 Å². The Balaban J connectivity index is 2.09. The zero-order valence-electron chi connectivity index (χ0n) is 4.36. The number of rotatable bonds is 1. The fourth-order valence-corrected chi connectivity index (χ4v) is 0.724. The molecule has 0 amide bonds. The van der Waals surface area contributed by atoms with Crippen molar-refractivity contribution in [2.24, 2.45) is 5.92 Å². The molecule has 1 fully saturated rings. The van der Waals surface area contributed by atoms with Crippen molar-refractivity contribution in [3.05, 3.63) is 0 Å². The van der Waals surface area contributed by atoms with Crippen LogP contribution in [-0.4, -0.2) is 13.1 Å². The Morgan fingerprint density at radius 3 is 2.17 bits per heavy atom. The van der Waals surface area contributed by atoms with E-state index < -0.39 is 0 Å². The lowest BCUT2D eigenvalue weighted by Gasteiger charge is -1.84. The maximum Gasteiger partial charge on any atom is 0.00933 e. The topological polar surface area (TPSA) is 12.0 Å². The van der Waals surface area contributed by atoms with E-state index in [1.807, 2.05) is 7.05 Å². The van der Waals surface area contributed by atoms with Crippen LogP contribution in [0.1, 0.15) is 13.3 Å². The largest absolute Gasteiger partial charge is 0.317 e. The lowest BCUT2D eigenvalue weighted by atomic mass is 10.5. The third kappa shape index (κ3) is 0.548. The highest BCUT2D eigenvalue weighted by Gasteiger charge is 2.29. The van der Waals surface area contributed by atoms with Gasteiger partial charge in [0.15, 0.2) is 0 Å². The first-order valence-corrected chi connectivity index (χ1v) is 2.52. The van der Waals surface area contributed by atoms with Crippen LogP contribution in [0.2, 0.25) is 0 Å². The molecule has 1 N–H and O–H groups in total. The third-order valence-electron chi connectivity index (χ3n) is 1.48. The molecule has 1 saturated carbocycles. The summed E-state index contributed by atoms with van der Waals surface area (Å²) in [5.74, 6) is 0.954. The highest BCUT2D eigenvalue weighted by atomic mass is 14.9. The Morgan fingerprint density at radius 1 is 1.67 bits per heavy atom. The summed E-state index contributed by atoms with van der Waals surface area (Å²) in [5, 5.41) is 3.19. The van der Waals surface area contributed by atoms with Gasteiger partial charge in [0.2, 0.25) is 0 Å². The Hall–Kier alpha value is -0.0400. The van der Waals surface area contributed by atoms with E-state index in [4.69, 9.17) is 0 Å². The number of hydrogen-bond donors (Lipinski definition) is 1. The first-order valence-electron chi connectivity index (χ1n) is 2.52. The molecule has 0 aliphatic heterocycles. The Labute approximate surface area is 38.7 Å². The predicted octanol–water partition coefficient (Wildman–Crippen LogP) is 0.614. The van der Waals surface area contributed by atoms with Crippen molar-refractivity contribution in [1.29, 1.82) is 0 Å². The smallest absolute Gasteiger partial charge is 0.00933 e. The molecule has 1 aliphatic rings. The minimum Gasteiger partial charge on any atom is -0.317 e. The fourth-order valence-electron chi connectivity index (χ4n) is 0.724. The Kier molecular flexibility index (Phi) is 0.845. The lowest BCUT2D eigenvalue weighted by molar-refractivity contribution is 0.747. The summed E-state index contributed by atoms with van der Waals surface area (Å²) in [6.45, 7) is 2.27. The molecule has 0 aromatic carbocycles. The van der Waals surface area contributed by atoms with Gasteiger partial charge in [0.1, 0.15) is 0 Å². The normalized spacial score (nSPS) is 43.0. The van der Waals surface area contributed by atoms with E-state index >= 15 is 0 Å². The van der Waals surface area contributed by atoms with Gasteiger partial charge in [-0.05, 0) is 19.4 Å². The summed E-state index contributed by atoms with van der Waals surface area (Å²) in [4.78, 5) is 0. The molecule has 2 atom stereocenters. The molecule has 1 aliphatic carbocycles. The highest BCUT2D eigenvalue weighted by Crippen LogP contribution is 2.27. The second-order valence-corrected chi connectivity index (χ2v) is 2.11. The SMILES string of the molecule is CN[C@H]1C[C@@H]1C. The quantitative estimate of drug-likeness (QED) is 0.492. The van der Waals surface area contributed by atoms with Gasteiger partial charge in [0.05, 0.1) is 0 Å². The molecule has 1 rings (SSSR count). The van der Waals surface area contributed by atoms with E-state index in [1.165, 1.54) is 6.42 Å². The van der Waals surface area contributed by atoms with Crippen LogP contribution in [0.25, 0.3) is 0 Å². The second kappa shape index (κ2) is 1.23.